The van der Waals surface area contributed by atoms with Gasteiger partial charge in [0.15, 0.2) is 5.25 Å². The van der Waals surface area contributed by atoms with Crippen LogP contribution in [0.25, 0.3) is 0 Å². The Hall–Kier alpha value is -0.440. The summed E-state index contributed by atoms with van der Waals surface area (Å²) in [6.45, 7) is 2.92. The van der Waals surface area contributed by atoms with E-state index in [0.29, 0.717) is 21.9 Å². The van der Waals surface area contributed by atoms with Gasteiger partial charge in [0.25, 0.3) is 0 Å². The van der Waals surface area contributed by atoms with Gasteiger partial charge in [-0.2, -0.15) is 0 Å². The Morgan fingerprint density at radius 3 is 2.82 bits per heavy atom. The van der Waals surface area contributed by atoms with E-state index in [1.54, 1.807) is 6.08 Å². The van der Waals surface area contributed by atoms with Gasteiger partial charge in [-0.05, 0) is 30.2 Å². The van der Waals surface area contributed by atoms with Crippen molar-refractivity contribution in [3.8, 4) is 0 Å². The van der Waals surface area contributed by atoms with Crippen LogP contribution in [0, 0.1) is 0 Å². The summed E-state index contributed by atoms with van der Waals surface area (Å²) in [5.74, 6) is 3.85. The Bertz CT molecular complexity index is 293. The first-order chi connectivity index (χ1) is 8.31. The lowest BCUT2D eigenvalue weighted by molar-refractivity contribution is -0.114. The molecule has 1 atom stereocenters. The number of allylic oxidation sites excluding steroid dienone is 2. The van der Waals surface area contributed by atoms with Gasteiger partial charge in [0.05, 0.1) is 12.4 Å². The third-order valence-corrected chi connectivity index (χ3v) is 6.42. The van der Waals surface area contributed by atoms with Gasteiger partial charge in [-0.15, -0.1) is 0 Å². The molecular weight excluding hydrogens is 232 g/mol. The van der Waals surface area contributed by atoms with E-state index in [9.17, 15) is 4.79 Å². The molecule has 0 aromatic rings. The third-order valence-electron chi connectivity index (χ3n) is 3.52. The quantitative estimate of drug-likeness (QED) is 0.558. The summed E-state index contributed by atoms with van der Waals surface area (Å²) in [7, 11) is 0.384. The first-order valence-electron chi connectivity index (χ1n) is 6.84. The average Bonchev–Trinajstić information content (AvgIpc) is 2.83. The Balaban J connectivity index is 1.84. The summed E-state index contributed by atoms with van der Waals surface area (Å²) in [6, 6.07) is 0. The van der Waals surface area contributed by atoms with E-state index in [2.05, 4.69) is 6.92 Å². The Kier molecular flexibility index (Phi) is 4.96. The molecule has 3 heteroatoms. The van der Waals surface area contributed by atoms with Crippen molar-refractivity contribution in [3.63, 3.8) is 0 Å². The summed E-state index contributed by atoms with van der Waals surface area (Å²) in [5, 5.41) is 0.330. The molecule has 0 saturated carbocycles. The molecular formula is C14H23O2S+. The maximum absolute atomic E-state index is 12.1. The fraction of sp³-hybridized carbons (Fsp3) is 0.786. The predicted octanol–water partition coefficient (Wildman–Crippen LogP) is 2.83. The first kappa shape index (κ1) is 13.0. The molecule has 0 aromatic heterocycles. The molecule has 0 spiro atoms. The molecule has 96 valence electrons. The van der Waals surface area contributed by atoms with Crippen LogP contribution in [0.3, 0.4) is 0 Å². The highest BCUT2D eigenvalue weighted by Gasteiger charge is 2.39. The van der Waals surface area contributed by atoms with Crippen molar-refractivity contribution in [1.82, 2.24) is 0 Å². The van der Waals surface area contributed by atoms with Crippen LogP contribution in [0.2, 0.25) is 0 Å². The Morgan fingerprint density at radius 2 is 2.18 bits per heavy atom. The van der Waals surface area contributed by atoms with Gasteiger partial charge in [-0.1, -0.05) is 13.3 Å². The normalized spacial score (nSPS) is 26.1. The van der Waals surface area contributed by atoms with Crippen LogP contribution in [0.4, 0.5) is 0 Å². The molecule has 0 amide bonds. The van der Waals surface area contributed by atoms with Crippen LogP contribution in [0.15, 0.2) is 11.8 Å². The number of hydrogen-bond acceptors (Lipinski definition) is 2. The van der Waals surface area contributed by atoms with Crippen LogP contribution in [0.5, 0.6) is 0 Å². The molecule has 2 nitrogen and oxygen atoms in total. The van der Waals surface area contributed by atoms with Crippen molar-refractivity contribution in [2.24, 2.45) is 0 Å². The molecule has 1 aliphatic heterocycles. The minimum absolute atomic E-state index is 0.330. The van der Waals surface area contributed by atoms with Gasteiger partial charge in [-0.25, -0.2) is 0 Å². The van der Waals surface area contributed by atoms with E-state index in [-0.39, 0.29) is 0 Å². The largest absolute Gasteiger partial charge is 0.498 e. The molecule has 1 saturated heterocycles. The maximum Gasteiger partial charge on any atom is 0.211 e. The third kappa shape index (κ3) is 3.51. The molecule has 0 radical (unpaired) electrons. The lowest BCUT2D eigenvalue weighted by Gasteiger charge is -2.20. The van der Waals surface area contributed by atoms with Crippen molar-refractivity contribution < 1.29 is 9.53 Å². The van der Waals surface area contributed by atoms with E-state index in [4.69, 9.17) is 4.74 Å². The minimum Gasteiger partial charge on any atom is -0.498 e. The molecule has 17 heavy (non-hydrogen) atoms. The number of carbonyl (C=O) groups is 1. The highest BCUT2D eigenvalue weighted by molar-refractivity contribution is 7.98. The molecule has 0 bridgehead atoms. The van der Waals surface area contributed by atoms with Crippen molar-refractivity contribution in [3.05, 3.63) is 11.8 Å². The summed E-state index contributed by atoms with van der Waals surface area (Å²) in [5.41, 5.74) is 0. The van der Waals surface area contributed by atoms with Gasteiger partial charge >= 0.3 is 0 Å². The van der Waals surface area contributed by atoms with Crippen molar-refractivity contribution >= 4 is 16.7 Å². The van der Waals surface area contributed by atoms with Crippen molar-refractivity contribution in [2.75, 3.05) is 18.1 Å². The fourth-order valence-electron chi connectivity index (χ4n) is 2.49. The summed E-state index contributed by atoms with van der Waals surface area (Å²) < 4.78 is 5.65. The van der Waals surface area contributed by atoms with Gasteiger partial charge in [-0.3, -0.25) is 4.79 Å². The van der Waals surface area contributed by atoms with E-state index >= 15 is 0 Å². The minimum atomic E-state index is 0.330. The second-order valence-corrected chi connectivity index (χ2v) is 7.36. The zero-order chi connectivity index (χ0) is 12.1. The van der Waals surface area contributed by atoms with Crippen LogP contribution >= 0.6 is 0 Å². The second kappa shape index (κ2) is 6.48. The first-order valence-corrected chi connectivity index (χ1v) is 8.47. The summed E-state index contributed by atoms with van der Waals surface area (Å²) >= 11 is 0. The summed E-state index contributed by atoms with van der Waals surface area (Å²) in [6.07, 6.45) is 8.68. The standard InChI is InChI=1S/C14H23O2S/c1-2-3-8-16-12-6-7-14(13(15)11-12)17-9-4-5-10-17/h11,14H,2-10H2,1H3/q+1. The van der Waals surface area contributed by atoms with Gasteiger partial charge in [0, 0.05) is 18.9 Å². The number of ketones is 1. The maximum atomic E-state index is 12.1. The highest BCUT2D eigenvalue weighted by Crippen LogP contribution is 2.28. The molecule has 1 heterocycles. The lowest BCUT2D eigenvalue weighted by Crippen LogP contribution is -2.33. The number of ether oxygens (including phenoxy) is 1. The second-order valence-electron chi connectivity index (χ2n) is 4.90. The highest BCUT2D eigenvalue weighted by atomic mass is 32.2. The van der Waals surface area contributed by atoms with Crippen LogP contribution in [0.1, 0.15) is 45.4 Å². The molecule has 2 rings (SSSR count). The van der Waals surface area contributed by atoms with Crippen LogP contribution in [-0.4, -0.2) is 29.1 Å². The van der Waals surface area contributed by atoms with Crippen LogP contribution in [-0.2, 0) is 20.4 Å². The molecule has 1 unspecified atom stereocenters. The molecule has 1 fully saturated rings. The smallest absolute Gasteiger partial charge is 0.211 e. The Morgan fingerprint density at radius 1 is 1.41 bits per heavy atom. The van der Waals surface area contributed by atoms with Gasteiger partial charge in [0.2, 0.25) is 5.78 Å². The van der Waals surface area contributed by atoms with E-state index < -0.39 is 0 Å². The molecule has 0 N–H and O–H groups in total. The van der Waals surface area contributed by atoms with Crippen molar-refractivity contribution in [1.29, 1.82) is 0 Å². The topological polar surface area (TPSA) is 26.3 Å². The van der Waals surface area contributed by atoms with E-state index in [0.717, 1.165) is 38.0 Å². The average molecular weight is 255 g/mol. The SMILES string of the molecule is CCCCOC1=CC(=O)C([S+]2CCCC2)CC1. The number of carbonyl (C=O) groups excluding carboxylic acids is 1. The van der Waals surface area contributed by atoms with E-state index in [1.165, 1.54) is 24.3 Å². The number of hydrogen-bond donors (Lipinski definition) is 0. The van der Waals surface area contributed by atoms with Gasteiger partial charge < -0.3 is 4.74 Å². The van der Waals surface area contributed by atoms with Gasteiger partial charge in [0.1, 0.15) is 11.5 Å². The van der Waals surface area contributed by atoms with Crippen LogP contribution < -0.4 is 0 Å². The molecule has 1 aliphatic carbocycles. The molecule has 0 aromatic carbocycles. The van der Waals surface area contributed by atoms with Crippen molar-refractivity contribution in [2.45, 2.75) is 50.7 Å². The zero-order valence-electron chi connectivity index (χ0n) is 10.7. The Labute approximate surface area is 107 Å². The zero-order valence-corrected chi connectivity index (χ0v) is 11.6. The van der Waals surface area contributed by atoms with E-state index in [1.807, 2.05) is 0 Å². The number of unbranched alkanes of at least 4 members (excludes halogenated alkanes) is 1. The molecule has 2 aliphatic rings. The monoisotopic (exact) mass is 255 g/mol. The predicted molar refractivity (Wildman–Crippen MR) is 73.3 cm³/mol. The number of rotatable bonds is 5. The summed E-state index contributed by atoms with van der Waals surface area (Å²) in [4.78, 5) is 12.1. The fourth-order valence-corrected chi connectivity index (χ4v) is 5.26. The lowest BCUT2D eigenvalue weighted by atomic mass is 10.0.